The van der Waals surface area contributed by atoms with Gasteiger partial charge < -0.3 is 15.0 Å². The molecule has 4 heterocycles. The maximum Gasteiger partial charge on any atom is 0.197 e. The number of H-pyrrole nitrogens is 1. The summed E-state index contributed by atoms with van der Waals surface area (Å²) in [6.45, 7) is 4.95. The van der Waals surface area contributed by atoms with Crippen LogP contribution in [-0.2, 0) is 14.6 Å². The van der Waals surface area contributed by atoms with Gasteiger partial charge in [-0.3, -0.25) is 4.90 Å². The van der Waals surface area contributed by atoms with E-state index in [4.69, 9.17) is 16.3 Å². The Kier molecular flexibility index (Phi) is 6.34. The lowest BCUT2D eigenvalue weighted by Crippen LogP contribution is -2.39. The highest BCUT2D eigenvalue weighted by Crippen LogP contribution is 2.32. The Morgan fingerprint density at radius 3 is 2.88 bits per heavy atom. The number of fused-ring (bicyclic) bond motifs is 2. The van der Waals surface area contributed by atoms with Crippen LogP contribution in [0.5, 0.6) is 0 Å². The Bertz CT molecular complexity index is 1440. The number of nitrogens with one attached hydrogen (secondary N) is 2. The van der Waals surface area contributed by atoms with E-state index >= 15 is 0 Å². The summed E-state index contributed by atoms with van der Waals surface area (Å²) in [7, 11) is -3.71. The lowest BCUT2D eigenvalue weighted by Gasteiger charge is -2.26. The first-order chi connectivity index (χ1) is 16.4. The van der Waals surface area contributed by atoms with E-state index < -0.39 is 9.84 Å². The highest BCUT2D eigenvalue weighted by Gasteiger charge is 2.25. The number of halogens is 1. The topological polar surface area (TPSA) is 126 Å². The number of morpholine rings is 1. The van der Waals surface area contributed by atoms with Gasteiger partial charge in [-0.1, -0.05) is 23.7 Å². The largest absolute Gasteiger partial charge is 0.379 e. The minimum absolute atomic E-state index is 0.000105. The molecule has 5 rings (SSSR count). The number of hydrogen-bond acceptors (Lipinski definition) is 9. The zero-order valence-electron chi connectivity index (χ0n) is 18.5. The molecule has 2 N–H and O–H groups in total. The third kappa shape index (κ3) is 4.56. The molecule has 0 radical (unpaired) electrons. The van der Waals surface area contributed by atoms with Gasteiger partial charge in [0.15, 0.2) is 26.3 Å². The van der Waals surface area contributed by atoms with Crippen molar-refractivity contribution in [1.82, 2.24) is 29.8 Å². The molecule has 0 bridgehead atoms. The molecule has 0 unspecified atom stereocenters. The molecule has 1 atom stereocenters. The molecule has 0 saturated carbocycles. The Labute approximate surface area is 201 Å². The van der Waals surface area contributed by atoms with E-state index in [1.54, 1.807) is 18.5 Å². The molecule has 1 aromatic carbocycles. The van der Waals surface area contributed by atoms with Crippen LogP contribution in [0.2, 0.25) is 5.02 Å². The molecule has 1 aliphatic rings. The number of benzene rings is 1. The van der Waals surface area contributed by atoms with E-state index in [1.165, 1.54) is 6.33 Å². The van der Waals surface area contributed by atoms with Crippen LogP contribution in [0.3, 0.4) is 0 Å². The lowest BCUT2D eigenvalue weighted by molar-refractivity contribution is 0.0408. The van der Waals surface area contributed by atoms with Crippen LogP contribution in [0.4, 0.5) is 5.82 Å². The number of hydrogen-bond donors (Lipinski definition) is 2. The van der Waals surface area contributed by atoms with Gasteiger partial charge in [-0.25, -0.2) is 28.4 Å². The number of sulfone groups is 1. The van der Waals surface area contributed by atoms with E-state index in [1.807, 2.05) is 19.1 Å². The SMILES string of the molecule is C[C@H](Nc1ncnc2[nH]cnc12)c1cc2cccc(Cl)c2c(S(=O)(=O)CCN2CCOCC2)n1. The zero-order chi connectivity index (χ0) is 23.7. The number of nitrogens with zero attached hydrogens (tertiary/aromatic N) is 5. The minimum atomic E-state index is -3.71. The monoisotopic (exact) mass is 501 g/mol. The first-order valence-corrected chi connectivity index (χ1v) is 13.0. The van der Waals surface area contributed by atoms with E-state index in [9.17, 15) is 8.42 Å². The van der Waals surface area contributed by atoms with Gasteiger partial charge in [0, 0.05) is 25.0 Å². The standard InChI is InChI=1S/C22H24ClN7O3S/c1-14(28-21-19-20(25-12-24-19)26-13-27-21)17-11-15-3-2-4-16(23)18(15)22(29-17)34(31,32)10-7-30-5-8-33-9-6-30/h2-4,11-14H,5-10H2,1H3,(H2,24,25,26,27,28)/t14-/m0/s1. The van der Waals surface area contributed by atoms with Crippen molar-refractivity contribution in [2.24, 2.45) is 0 Å². The lowest BCUT2D eigenvalue weighted by atomic mass is 10.1. The summed E-state index contributed by atoms with van der Waals surface area (Å²) in [4.78, 5) is 22.3. The molecule has 12 heteroatoms. The number of ether oxygens (including phenoxy) is 1. The molecule has 0 aliphatic carbocycles. The fourth-order valence-electron chi connectivity index (χ4n) is 4.02. The predicted octanol–water partition coefficient (Wildman–Crippen LogP) is 2.83. The number of imidazole rings is 1. The highest BCUT2D eigenvalue weighted by molar-refractivity contribution is 7.91. The van der Waals surface area contributed by atoms with Crippen molar-refractivity contribution in [2.75, 3.05) is 43.9 Å². The summed E-state index contributed by atoms with van der Waals surface area (Å²) in [5.74, 6) is 0.481. The molecule has 0 amide bonds. The third-order valence-corrected chi connectivity index (χ3v) is 7.80. The molecule has 1 saturated heterocycles. The van der Waals surface area contributed by atoms with E-state index in [-0.39, 0.29) is 16.8 Å². The first-order valence-electron chi connectivity index (χ1n) is 10.9. The third-order valence-electron chi connectivity index (χ3n) is 5.88. The van der Waals surface area contributed by atoms with Crippen LogP contribution in [-0.4, -0.2) is 76.8 Å². The predicted molar refractivity (Wildman–Crippen MR) is 130 cm³/mol. The summed E-state index contributed by atoms with van der Waals surface area (Å²) in [6.07, 6.45) is 2.98. The van der Waals surface area contributed by atoms with Gasteiger partial charge in [0.2, 0.25) is 0 Å². The number of rotatable bonds is 7. The van der Waals surface area contributed by atoms with Crippen LogP contribution in [0.25, 0.3) is 21.9 Å². The average Bonchev–Trinajstić information content (AvgIpc) is 3.33. The Morgan fingerprint density at radius 2 is 2.06 bits per heavy atom. The molecule has 3 aromatic heterocycles. The molecule has 34 heavy (non-hydrogen) atoms. The summed E-state index contributed by atoms with van der Waals surface area (Å²) >= 11 is 6.46. The van der Waals surface area contributed by atoms with Gasteiger partial charge in [0.25, 0.3) is 0 Å². The second-order valence-electron chi connectivity index (χ2n) is 8.15. The molecular weight excluding hydrogens is 478 g/mol. The molecule has 4 aromatic rings. The fraction of sp³-hybridized carbons (Fsp3) is 0.364. The second kappa shape index (κ2) is 9.41. The molecule has 1 aliphatic heterocycles. The quantitative estimate of drug-likeness (QED) is 0.393. The van der Waals surface area contributed by atoms with Crippen LogP contribution < -0.4 is 5.32 Å². The van der Waals surface area contributed by atoms with Crippen molar-refractivity contribution in [2.45, 2.75) is 18.0 Å². The van der Waals surface area contributed by atoms with E-state index in [0.717, 1.165) is 0 Å². The van der Waals surface area contributed by atoms with Gasteiger partial charge in [-0.15, -0.1) is 0 Å². The zero-order valence-corrected chi connectivity index (χ0v) is 20.1. The molecule has 1 fully saturated rings. The Morgan fingerprint density at radius 1 is 1.24 bits per heavy atom. The maximum absolute atomic E-state index is 13.5. The average molecular weight is 502 g/mol. The Hall–Kier alpha value is -2.86. The van der Waals surface area contributed by atoms with Crippen LogP contribution >= 0.6 is 11.6 Å². The second-order valence-corrected chi connectivity index (χ2v) is 10.6. The van der Waals surface area contributed by atoms with Gasteiger partial charge in [-0.05, 0) is 24.4 Å². The highest BCUT2D eigenvalue weighted by atomic mass is 35.5. The van der Waals surface area contributed by atoms with Crippen molar-refractivity contribution >= 4 is 49.2 Å². The summed E-state index contributed by atoms with van der Waals surface area (Å²) in [5.41, 5.74) is 1.76. The minimum Gasteiger partial charge on any atom is -0.379 e. The molecule has 178 valence electrons. The number of anilines is 1. The van der Waals surface area contributed by atoms with E-state index in [2.05, 4.69) is 35.1 Å². The molecular formula is C22H24ClN7O3S. The summed E-state index contributed by atoms with van der Waals surface area (Å²) in [5, 5.41) is 4.80. The van der Waals surface area contributed by atoms with Crippen molar-refractivity contribution in [3.63, 3.8) is 0 Å². The number of aromatic amines is 1. The first kappa shape index (κ1) is 22.9. The van der Waals surface area contributed by atoms with Gasteiger partial charge in [0.05, 0.1) is 42.1 Å². The molecule has 0 spiro atoms. The van der Waals surface area contributed by atoms with Crippen molar-refractivity contribution in [3.05, 3.63) is 47.6 Å². The van der Waals surface area contributed by atoms with Crippen molar-refractivity contribution < 1.29 is 13.2 Å². The van der Waals surface area contributed by atoms with Crippen LogP contribution in [0, 0.1) is 0 Å². The van der Waals surface area contributed by atoms with Crippen molar-refractivity contribution in [1.29, 1.82) is 0 Å². The smallest absolute Gasteiger partial charge is 0.197 e. The van der Waals surface area contributed by atoms with Crippen LogP contribution in [0.15, 0.2) is 41.9 Å². The Balaban J connectivity index is 1.50. The van der Waals surface area contributed by atoms with Gasteiger partial charge in [0.1, 0.15) is 11.8 Å². The fourth-order valence-corrected chi connectivity index (χ4v) is 5.82. The van der Waals surface area contributed by atoms with Crippen LogP contribution in [0.1, 0.15) is 18.7 Å². The molecule has 10 nitrogen and oxygen atoms in total. The summed E-state index contributed by atoms with van der Waals surface area (Å²) < 4.78 is 32.3. The van der Waals surface area contributed by atoms with Gasteiger partial charge >= 0.3 is 0 Å². The van der Waals surface area contributed by atoms with Gasteiger partial charge in [-0.2, -0.15) is 0 Å². The van der Waals surface area contributed by atoms with Crippen molar-refractivity contribution in [3.8, 4) is 0 Å². The number of aromatic nitrogens is 5. The maximum atomic E-state index is 13.5. The van der Waals surface area contributed by atoms with E-state index in [0.29, 0.717) is 71.3 Å². The summed E-state index contributed by atoms with van der Waals surface area (Å²) in [6, 6.07) is 6.82. The normalized spacial score (nSPS) is 16.2. The number of pyridine rings is 1.